The highest BCUT2D eigenvalue weighted by Gasteiger charge is 2.38. The Morgan fingerprint density at radius 2 is 0.728 bits per heavy atom. The molecule has 0 atom stereocenters. The molecule has 21 aromatic rings. The predicted octanol–water partition coefficient (Wildman–Crippen LogP) is 13.1. The third kappa shape index (κ3) is 8.43. The number of pyridine rings is 5. The minimum Gasteiger partial charge on any atom is -0.416 e. The number of fused-ring (bicyclic) bond motifs is 35. The topological polar surface area (TPSA) is 134 Å². The fraction of sp³-hybridized carbons (Fsp3) is 0.0843. The van der Waals surface area contributed by atoms with E-state index in [9.17, 15) is 0 Å². The Balaban J connectivity index is 0.0000000830. The molecule has 6 aromatic carbocycles. The Bertz CT molecular complexity index is 7080. The smallest absolute Gasteiger partial charge is 0.336 e. The third-order valence-electron chi connectivity index (χ3n) is 21.0. The summed E-state index contributed by atoms with van der Waals surface area (Å²) >= 11 is 1.85. The van der Waals surface area contributed by atoms with Crippen LogP contribution in [0.5, 0.6) is 0 Å². The first-order chi connectivity index (χ1) is 52.1. The van der Waals surface area contributed by atoms with Crippen LogP contribution in [0.4, 0.5) is 0 Å². The van der Waals surface area contributed by atoms with Gasteiger partial charge in [0.05, 0.1) is 49.1 Å². The number of hydrogen-bond donors (Lipinski definition) is 0. The minimum atomic E-state index is -2.22. The van der Waals surface area contributed by atoms with Crippen molar-refractivity contribution < 1.29 is 31.4 Å². The number of aryl methyl sites for hydroxylation is 2. The summed E-state index contributed by atoms with van der Waals surface area (Å²) in [6, 6.07) is 62.4. The van der Waals surface area contributed by atoms with Crippen LogP contribution in [-0.2, 0) is 46.7 Å². The monoisotopic (exact) mass is 1360 g/mol. The molecular formula is C83H61N18OS+5. The number of benzene rings is 6. The highest BCUT2D eigenvalue weighted by molar-refractivity contribution is 7.23. The van der Waals surface area contributed by atoms with Crippen molar-refractivity contribution in [1.29, 1.82) is 0 Å². The summed E-state index contributed by atoms with van der Waals surface area (Å²) in [6.07, 6.45) is 29.7. The number of hydrogen-bond acceptors (Lipinski definition) is 7. The van der Waals surface area contributed by atoms with Gasteiger partial charge in [0.25, 0.3) is 34.8 Å². The Morgan fingerprint density at radius 3 is 1.25 bits per heavy atom. The molecule has 5 aliphatic heterocycles. The maximum atomic E-state index is 7.92. The normalized spacial score (nSPS) is 13.5. The van der Waals surface area contributed by atoms with Gasteiger partial charge in [-0.15, -0.1) is 0 Å². The van der Waals surface area contributed by atoms with Crippen LogP contribution in [0.1, 0.15) is 31.9 Å². The van der Waals surface area contributed by atoms with Gasteiger partial charge in [0.2, 0.25) is 16.1 Å². The molecule has 490 valence electrons. The summed E-state index contributed by atoms with van der Waals surface area (Å²) in [5.41, 5.74) is 27.6. The number of imidazole rings is 8. The summed E-state index contributed by atoms with van der Waals surface area (Å²) in [5, 5.41) is 0. The molecule has 0 saturated heterocycles. The van der Waals surface area contributed by atoms with Crippen LogP contribution in [-0.4, -0.2) is 60.6 Å². The molecule has 0 aliphatic carbocycles. The molecule has 19 nitrogen and oxygen atoms in total. The van der Waals surface area contributed by atoms with Crippen LogP contribution in [0.3, 0.4) is 0 Å². The van der Waals surface area contributed by atoms with Gasteiger partial charge in [0, 0.05) is 114 Å². The maximum Gasteiger partial charge on any atom is 0.336 e. The molecule has 103 heavy (non-hydrogen) atoms. The number of rotatable bonds is 1. The van der Waals surface area contributed by atoms with Crippen LogP contribution in [0.15, 0.2) is 279 Å². The van der Waals surface area contributed by atoms with Gasteiger partial charge < -0.3 is 13.6 Å². The molecule has 20 heteroatoms. The van der Waals surface area contributed by atoms with Gasteiger partial charge in [-0.25, -0.2) is 22.8 Å². The van der Waals surface area contributed by atoms with Gasteiger partial charge in [-0.05, 0) is 103 Å². The molecule has 0 amide bonds. The second-order valence-corrected chi connectivity index (χ2v) is 27.7. The lowest BCUT2D eigenvalue weighted by Crippen LogP contribution is -2.29. The lowest BCUT2D eigenvalue weighted by molar-refractivity contribution is -0.670. The highest BCUT2D eigenvalue weighted by atomic mass is 32.1. The second kappa shape index (κ2) is 22.0. The zero-order valence-corrected chi connectivity index (χ0v) is 56.2. The van der Waals surface area contributed by atoms with E-state index in [1.807, 2.05) is 126 Å². The van der Waals surface area contributed by atoms with Crippen molar-refractivity contribution in [3.63, 3.8) is 0 Å². The van der Waals surface area contributed by atoms with Gasteiger partial charge in [0.1, 0.15) is 38.9 Å². The summed E-state index contributed by atoms with van der Waals surface area (Å²) < 4.78 is 59.6. The Hall–Kier alpha value is -13.5. The molecule has 0 unspecified atom stereocenters. The van der Waals surface area contributed by atoms with Crippen molar-refractivity contribution >= 4 is 93.2 Å². The summed E-state index contributed by atoms with van der Waals surface area (Å²) in [7, 11) is 2.13. The van der Waals surface area contributed by atoms with E-state index >= 15 is 0 Å². The molecule has 26 rings (SSSR count). The van der Waals surface area contributed by atoms with Crippen molar-refractivity contribution in [2.45, 2.75) is 32.7 Å². The van der Waals surface area contributed by atoms with Crippen LogP contribution < -0.4 is 22.8 Å². The van der Waals surface area contributed by atoms with Crippen molar-refractivity contribution in [2.24, 2.45) is 14.0 Å². The molecule has 0 radical (unpaired) electrons. The van der Waals surface area contributed by atoms with Gasteiger partial charge in [-0.3, -0.25) is 29.5 Å². The van der Waals surface area contributed by atoms with E-state index in [0.717, 1.165) is 72.0 Å². The predicted molar refractivity (Wildman–Crippen MR) is 395 cm³/mol. The van der Waals surface area contributed by atoms with Crippen molar-refractivity contribution in [3.8, 4) is 62.6 Å². The Labute approximate surface area is 594 Å². The third-order valence-corrected chi connectivity index (χ3v) is 22.1. The Kier molecular flexibility index (Phi) is 11.6. The quantitative estimate of drug-likeness (QED) is 0.150. The van der Waals surface area contributed by atoms with Gasteiger partial charge >= 0.3 is 5.71 Å². The lowest BCUT2D eigenvalue weighted by Gasteiger charge is -2.02. The molecule has 5 aliphatic rings. The molecule has 0 spiro atoms. The van der Waals surface area contributed by atoms with E-state index in [1.165, 1.54) is 126 Å². The standard InChI is InChI=1S/C21H15N4.2C16H13N4.C15H10N3O.C15H10N3S/c1-2-6-16(7-3-1)24-18-8-4-5-9-19(18)25-20(24)14-23-13-15-12-22-11-10-17(15)21(23)25;2*1-18-13-4-2-3-5-14(13)20-15(18)10-19-9-11-8-17-7-6-12(11)16(19)20;2*1-2-4-13-12(3-1)18-14(19-13)9-17-8-10-7-16-6-5-11(10)15(17)18/h1-12,14H,13H2;2*2-8,10H,9H2,1H3;2*1-7,9H,8H2/q5*+1/i;1D3;;;. The zero-order chi connectivity index (χ0) is 70.2. The average Bonchev–Trinajstić information content (AvgIpc) is 1.59. The van der Waals surface area contributed by atoms with Crippen molar-refractivity contribution in [3.05, 3.63) is 303 Å². The molecule has 15 aromatic heterocycles. The molecule has 0 N–H and O–H groups in total. The number of para-hydroxylation sites is 10. The van der Waals surface area contributed by atoms with E-state index < -0.39 is 6.98 Å². The van der Waals surface area contributed by atoms with E-state index in [0.29, 0.717) is 11.2 Å². The Morgan fingerprint density at radius 1 is 0.350 bits per heavy atom. The van der Waals surface area contributed by atoms with Crippen LogP contribution >= 0.6 is 11.3 Å². The van der Waals surface area contributed by atoms with Gasteiger partial charge in [0.15, 0.2) is 58.0 Å². The number of nitrogens with zero attached hydrogens (tertiary/aromatic N) is 18. The number of aromatic nitrogens is 18. The first-order valence-electron chi connectivity index (χ1n) is 35.8. The second-order valence-electron chi connectivity index (χ2n) is 26.7. The highest BCUT2D eigenvalue weighted by Crippen LogP contribution is 2.39. The summed E-state index contributed by atoms with van der Waals surface area (Å²) in [4.78, 5) is 22.4. The average molecular weight is 1360 g/mol. The van der Waals surface area contributed by atoms with Crippen molar-refractivity contribution in [1.82, 2.24) is 60.6 Å². The van der Waals surface area contributed by atoms with E-state index in [4.69, 9.17) is 8.53 Å². The van der Waals surface area contributed by atoms with E-state index in [2.05, 4.69) is 240 Å². The maximum absolute atomic E-state index is 7.92. The van der Waals surface area contributed by atoms with Gasteiger partial charge in [-0.2, -0.15) is 22.0 Å². The van der Waals surface area contributed by atoms with Crippen LogP contribution in [0.2, 0.25) is 0 Å². The zero-order valence-electron chi connectivity index (χ0n) is 58.4. The molecule has 20 heterocycles. The van der Waals surface area contributed by atoms with Crippen LogP contribution in [0, 0.1) is 0 Å². The van der Waals surface area contributed by atoms with E-state index in [1.54, 1.807) is 6.20 Å². The van der Waals surface area contributed by atoms with Crippen LogP contribution in [0.25, 0.3) is 145 Å². The SMILES string of the molecule is Cn1c2ccccc2n2c3[n+](cc12)Cc1cnccc1-3.[2H]C([2H])([2H])n1c2ccccc2n2c3[n+](cc12)Cc1cnccc1-3.c1ccc(-n2c3ccccc3n3c4[n+](cc23)Cc2cnccc2-4)cc1.c1ccc2c(c1)oc1c[n+]3c(n12)-c1ccncc1C3.c1ccc2c(c1)sc1c[n+]3c(n12)-c1ccncc1C3. The minimum absolute atomic E-state index is 0.684. The summed E-state index contributed by atoms with van der Waals surface area (Å²) in [5.74, 6) is 5.96. The first kappa shape index (κ1) is 54.5. The van der Waals surface area contributed by atoms with E-state index in [-0.39, 0.29) is 0 Å². The molecule has 0 bridgehead atoms. The number of oxazole rings is 1. The number of thiazole rings is 1. The molecular weight excluding hydrogens is 1300 g/mol. The lowest BCUT2D eigenvalue weighted by atomic mass is 10.2. The molecule has 0 fully saturated rings. The first-order valence-corrected chi connectivity index (χ1v) is 35.1. The summed E-state index contributed by atoms with van der Waals surface area (Å²) in [6.45, 7) is 2.08. The fourth-order valence-electron chi connectivity index (χ4n) is 16.6. The van der Waals surface area contributed by atoms with Crippen molar-refractivity contribution in [2.75, 3.05) is 0 Å². The largest absolute Gasteiger partial charge is 0.416 e. The fourth-order valence-corrected chi connectivity index (χ4v) is 17.7. The molecule has 0 saturated carbocycles. The van der Waals surface area contributed by atoms with Gasteiger partial charge in [-0.1, -0.05) is 90.2 Å².